The number of nitrogens with one attached hydrogen (secondary N) is 1. The van der Waals surface area contributed by atoms with E-state index < -0.39 is 0 Å². The van der Waals surface area contributed by atoms with Gasteiger partial charge in [0.05, 0.1) is 18.7 Å². The second-order valence-corrected chi connectivity index (χ2v) is 5.69. The molecule has 1 N–H and O–H groups in total. The highest BCUT2D eigenvalue weighted by atomic mass is 16.7. The lowest BCUT2D eigenvalue weighted by Gasteiger charge is -2.15. The number of anilines is 1. The lowest BCUT2D eigenvalue weighted by molar-refractivity contribution is -0.0446. The number of para-hydroxylation sites is 1. The molecule has 2 aromatic carbocycles. The molecule has 1 aliphatic rings. The van der Waals surface area contributed by atoms with Crippen molar-refractivity contribution in [1.29, 1.82) is 0 Å². The fourth-order valence-electron chi connectivity index (χ4n) is 2.99. The monoisotopic (exact) mass is 321 g/mol. The number of hydrogen-bond acceptors (Lipinski definition) is 5. The maximum atomic E-state index is 5.64. The van der Waals surface area contributed by atoms with Crippen LogP contribution in [0.2, 0.25) is 0 Å². The molecule has 0 aliphatic carbocycles. The van der Waals surface area contributed by atoms with Crippen LogP contribution in [0.5, 0.6) is 0 Å². The van der Waals surface area contributed by atoms with E-state index in [0.717, 1.165) is 35.2 Å². The molecular formula is C19H19N3O2. The zero-order chi connectivity index (χ0) is 16.2. The van der Waals surface area contributed by atoms with Crippen molar-refractivity contribution in [2.45, 2.75) is 12.7 Å². The zero-order valence-electron chi connectivity index (χ0n) is 13.3. The van der Waals surface area contributed by atoms with E-state index in [0.29, 0.717) is 13.2 Å². The van der Waals surface area contributed by atoms with E-state index in [2.05, 4.69) is 27.4 Å². The van der Waals surface area contributed by atoms with Crippen LogP contribution < -0.4 is 5.32 Å². The fourth-order valence-corrected chi connectivity index (χ4v) is 2.99. The third-order valence-corrected chi connectivity index (χ3v) is 4.16. The van der Waals surface area contributed by atoms with Crippen LogP contribution in [0.4, 0.5) is 5.82 Å². The van der Waals surface area contributed by atoms with Gasteiger partial charge >= 0.3 is 0 Å². The minimum Gasteiger partial charge on any atom is -0.369 e. The van der Waals surface area contributed by atoms with E-state index >= 15 is 0 Å². The molecule has 0 radical (unpaired) electrons. The average Bonchev–Trinajstić information content (AvgIpc) is 3.17. The molecule has 1 fully saturated rings. The Morgan fingerprint density at radius 1 is 0.958 bits per heavy atom. The van der Waals surface area contributed by atoms with Gasteiger partial charge < -0.3 is 14.8 Å². The molecular weight excluding hydrogens is 302 g/mol. The molecule has 2 heterocycles. The maximum Gasteiger partial charge on any atom is 0.184 e. The highest BCUT2D eigenvalue weighted by Crippen LogP contribution is 2.26. The molecule has 1 aliphatic heterocycles. The smallest absolute Gasteiger partial charge is 0.184 e. The summed E-state index contributed by atoms with van der Waals surface area (Å²) in [7, 11) is 0. The van der Waals surface area contributed by atoms with Crippen LogP contribution in [-0.4, -0.2) is 29.7 Å². The van der Waals surface area contributed by atoms with Crippen molar-refractivity contribution < 1.29 is 9.47 Å². The molecule has 0 saturated carbocycles. The van der Waals surface area contributed by atoms with Gasteiger partial charge in [0.1, 0.15) is 12.1 Å². The first-order valence-electron chi connectivity index (χ1n) is 8.16. The second kappa shape index (κ2) is 6.95. The first kappa shape index (κ1) is 15.1. The molecule has 0 unspecified atom stereocenters. The summed E-state index contributed by atoms with van der Waals surface area (Å²) in [5.74, 6) is 0.867. The topological polar surface area (TPSA) is 56.3 Å². The standard InChI is InChI=1S/C19H19N3O2/c1-2-6-15(19-23-11-12-24-19)14(5-1)9-10-20-18-16-7-3-4-8-17(16)21-13-22-18/h1-8,13,19H,9-12H2,(H,20,21,22). The minimum absolute atomic E-state index is 0.235. The van der Waals surface area contributed by atoms with E-state index in [-0.39, 0.29) is 6.29 Å². The molecule has 5 nitrogen and oxygen atoms in total. The molecule has 0 spiro atoms. The van der Waals surface area contributed by atoms with Gasteiger partial charge in [-0.15, -0.1) is 0 Å². The van der Waals surface area contributed by atoms with E-state index in [1.54, 1.807) is 6.33 Å². The van der Waals surface area contributed by atoms with E-state index in [1.807, 2.05) is 36.4 Å². The number of hydrogen-bond donors (Lipinski definition) is 1. The molecule has 24 heavy (non-hydrogen) atoms. The maximum absolute atomic E-state index is 5.64. The Balaban J connectivity index is 1.48. The van der Waals surface area contributed by atoms with Gasteiger partial charge in [0.2, 0.25) is 0 Å². The molecule has 1 saturated heterocycles. The first-order chi connectivity index (χ1) is 11.9. The van der Waals surface area contributed by atoms with Crippen molar-refractivity contribution in [3.05, 3.63) is 66.0 Å². The van der Waals surface area contributed by atoms with E-state index in [1.165, 1.54) is 5.56 Å². The fraction of sp³-hybridized carbons (Fsp3) is 0.263. The van der Waals surface area contributed by atoms with Crippen molar-refractivity contribution in [3.63, 3.8) is 0 Å². The minimum atomic E-state index is -0.235. The van der Waals surface area contributed by atoms with Gasteiger partial charge in [-0.25, -0.2) is 9.97 Å². The highest BCUT2D eigenvalue weighted by Gasteiger charge is 2.20. The van der Waals surface area contributed by atoms with Crippen LogP contribution in [0.15, 0.2) is 54.9 Å². The zero-order valence-corrected chi connectivity index (χ0v) is 13.3. The SMILES string of the molecule is c1ccc(C2OCCO2)c(CCNc2ncnc3ccccc23)c1. The van der Waals surface area contributed by atoms with Crippen LogP contribution in [0.1, 0.15) is 17.4 Å². The predicted octanol–water partition coefficient (Wildman–Crippen LogP) is 3.33. The summed E-state index contributed by atoms with van der Waals surface area (Å²) in [6.07, 6.45) is 2.23. The van der Waals surface area contributed by atoms with Gasteiger partial charge in [0.25, 0.3) is 0 Å². The number of aromatic nitrogens is 2. The Hall–Kier alpha value is -2.50. The number of ether oxygens (including phenoxy) is 2. The predicted molar refractivity (Wildman–Crippen MR) is 92.8 cm³/mol. The Morgan fingerprint density at radius 2 is 1.75 bits per heavy atom. The molecule has 3 aromatic rings. The van der Waals surface area contributed by atoms with Crippen LogP contribution in [-0.2, 0) is 15.9 Å². The second-order valence-electron chi connectivity index (χ2n) is 5.69. The summed E-state index contributed by atoms with van der Waals surface area (Å²) >= 11 is 0. The quantitative estimate of drug-likeness (QED) is 0.781. The third-order valence-electron chi connectivity index (χ3n) is 4.16. The van der Waals surface area contributed by atoms with E-state index in [9.17, 15) is 0 Å². The van der Waals surface area contributed by atoms with Gasteiger partial charge in [-0.2, -0.15) is 0 Å². The van der Waals surface area contributed by atoms with Gasteiger partial charge in [-0.1, -0.05) is 36.4 Å². The van der Waals surface area contributed by atoms with Gasteiger partial charge in [-0.3, -0.25) is 0 Å². The summed E-state index contributed by atoms with van der Waals surface area (Å²) < 4.78 is 11.3. The Bertz CT molecular complexity index is 826. The van der Waals surface area contributed by atoms with Crippen molar-refractivity contribution in [3.8, 4) is 0 Å². The van der Waals surface area contributed by atoms with Crippen molar-refractivity contribution in [1.82, 2.24) is 9.97 Å². The summed E-state index contributed by atoms with van der Waals surface area (Å²) in [6.45, 7) is 2.10. The Labute approximate surface area is 140 Å². The Kier molecular flexibility index (Phi) is 4.36. The molecule has 122 valence electrons. The summed E-state index contributed by atoms with van der Waals surface area (Å²) in [5.41, 5.74) is 3.29. The molecule has 0 bridgehead atoms. The van der Waals surface area contributed by atoms with Crippen LogP contribution >= 0.6 is 0 Å². The molecule has 4 rings (SSSR count). The average molecular weight is 321 g/mol. The summed E-state index contributed by atoms with van der Waals surface area (Å²) in [4.78, 5) is 8.66. The highest BCUT2D eigenvalue weighted by molar-refractivity contribution is 5.88. The Morgan fingerprint density at radius 3 is 2.67 bits per heavy atom. The van der Waals surface area contributed by atoms with Gasteiger partial charge in [-0.05, 0) is 24.1 Å². The third kappa shape index (κ3) is 3.09. The van der Waals surface area contributed by atoms with Gasteiger partial charge in [0.15, 0.2) is 6.29 Å². The molecule has 5 heteroatoms. The van der Waals surface area contributed by atoms with Crippen molar-refractivity contribution in [2.75, 3.05) is 25.1 Å². The van der Waals surface area contributed by atoms with E-state index in [4.69, 9.17) is 9.47 Å². The number of benzene rings is 2. The molecule has 0 atom stereocenters. The summed E-state index contributed by atoms with van der Waals surface area (Å²) in [6, 6.07) is 16.3. The lowest BCUT2D eigenvalue weighted by atomic mass is 10.0. The normalized spacial score (nSPS) is 15.0. The molecule has 0 amide bonds. The number of rotatable bonds is 5. The van der Waals surface area contributed by atoms with Crippen molar-refractivity contribution >= 4 is 16.7 Å². The van der Waals surface area contributed by atoms with Crippen LogP contribution in [0.25, 0.3) is 10.9 Å². The lowest BCUT2D eigenvalue weighted by Crippen LogP contribution is -2.10. The molecule has 1 aromatic heterocycles. The van der Waals surface area contributed by atoms with Crippen LogP contribution in [0.3, 0.4) is 0 Å². The van der Waals surface area contributed by atoms with Crippen molar-refractivity contribution in [2.24, 2.45) is 0 Å². The number of fused-ring (bicyclic) bond motifs is 1. The van der Waals surface area contributed by atoms with Gasteiger partial charge in [0, 0.05) is 17.5 Å². The first-order valence-corrected chi connectivity index (χ1v) is 8.16. The summed E-state index contributed by atoms with van der Waals surface area (Å²) in [5, 5.41) is 4.46. The number of nitrogens with zero attached hydrogens (tertiary/aromatic N) is 2. The van der Waals surface area contributed by atoms with Crippen LogP contribution in [0, 0.1) is 0 Å². The largest absolute Gasteiger partial charge is 0.369 e.